The largest absolute Gasteiger partial charge is 0.479 e. The van der Waals surface area contributed by atoms with Crippen molar-refractivity contribution in [3.05, 3.63) is 29.8 Å². The number of ether oxygens (including phenoxy) is 1. The van der Waals surface area contributed by atoms with E-state index >= 15 is 0 Å². The van der Waals surface area contributed by atoms with Gasteiger partial charge in [-0.1, -0.05) is 40.2 Å². The van der Waals surface area contributed by atoms with E-state index in [2.05, 4.69) is 10.6 Å². The predicted molar refractivity (Wildman–Crippen MR) is 157 cm³/mol. The average molecular weight is 649 g/mol. The first-order valence-corrected chi connectivity index (χ1v) is 16.0. The van der Waals surface area contributed by atoms with Crippen LogP contribution >= 0.6 is 0 Å². The molecule has 4 rings (SSSR count). The number of hydrogen-bond acceptors (Lipinski definition) is 7. The summed E-state index contributed by atoms with van der Waals surface area (Å²) in [6.07, 6.45) is -2.43. The third-order valence-corrected chi connectivity index (χ3v) is 10.5. The normalized spacial score (nSPS) is 26.6. The molecule has 2 saturated carbocycles. The Kier molecular flexibility index (Phi) is 10.1. The van der Waals surface area contributed by atoms with Gasteiger partial charge in [0.1, 0.15) is 17.6 Å². The van der Waals surface area contributed by atoms with Crippen molar-refractivity contribution in [2.75, 3.05) is 19.0 Å². The lowest BCUT2D eigenvalue weighted by Crippen LogP contribution is -2.56. The van der Waals surface area contributed by atoms with Gasteiger partial charge >= 0.3 is 12.1 Å². The van der Waals surface area contributed by atoms with Gasteiger partial charge < -0.3 is 25.4 Å². The molecule has 0 bridgehead atoms. The summed E-state index contributed by atoms with van der Waals surface area (Å²) in [5.74, 6) is -2.35. The molecule has 15 heteroatoms. The number of nitrogens with zero attached hydrogens (tertiary/aromatic N) is 1. The maximum absolute atomic E-state index is 13.8. The number of nitrogens with one attached hydrogen (secondary N) is 2. The maximum atomic E-state index is 13.8. The lowest BCUT2D eigenvalue weighted by molar-refractivity contribution is -0.146. The smallest absolute Gasteiger partial charge is 0.416 e. The zero-order chi connectivity index (χ0) is 33.5. The number of sulfonamides is 1. The molecule has 0 unspecified atom stereocenters. The monoisotopic (exact) mass is 648 g/mol. The fraction of sp³-hybridized carbons (Fsp3) is 0.690. The number of rotatable bonds is 9. The molecule has 0 spiro atoms. The molecule has 3 fully saturated rings. The Hall–Kier alpha value is -2.91. The Morgan fingerprint density at radius 3 is 2.23 bits per heavy atom. The van der Waals surface area contributed by atoms with Crippen molar-refractivity contribution >= 4 is 33.5 Å². The number of methoxy groups -OCH3 is 1. The van der Waals surface area contributed by atoms with Gasteiger partial charge in [0.15, 0.2) is 0 Å². The highest BCUT2D eigenvalue weighted by Crippen LogP contribution is 2.46. The number of nitrogens with two attached hydrogens (primary N) is 1. The maximum Gasteiger partial charge on any atom is 0.416 e. The molecule has 248 valence electrons. The second-order valence-corrected chi connectivity index (χ2v) is 15.3. The number of hydrogen-bond donors (Lipinski definition) is 4. The molecule has 0 radical (unpaired) electrons. The van der Waals surface area contributed by atoms with Gasteiger partial charge in [-0.3, -0.25) is 9.59 Å². The highest BCUT2D eigenvalue weighted by Gasteiger charge is 2.61. The van der Waals surface area contributed by atoms with Crippen LogP contribution < -0.4 is 15.8 Å². The van der Waals surface area contributed by atoms with E-state index in [-0.39, 0.29) is 24.6 Å². The molecule has 11 nitrogen and oxygen atoms in total. The lowest BCUT2D eigenvalue weighted by atomic mass is 9.85. The summed E-state index contributed by atoms with van der Waals surface area (Å²) >= 11 is 0. The number of likely N-dealkylation sites (tertiary alicyclic amines) is 1. The molecule has 5 atom stereocenters. The summed E-state index contributed by atoms with van der Waals surface area (Å²) in [7, 11) is -1.77. The lowest BCUT2D eigenvalue weighted by Gasteiger charge is -2.36. The van der Waals surface area contributed by atoms with E-state index in [0.29, 0.717) is 12.8 Å². The van der Waals surface area contributed by atoms with E-state index in [9.17, 15) is 41.1 Å². The molecular formula is C29H43F3N4O7S. The van der Waals surface area contributed by atoms with E-state index in [1.165, 1.54) is 24.1 Å². The second kappa shape index (κ2) is 12.5. The van der Waals surface area contributed by atoms with Gasteiger partial charge in [-0.15, -0.1) is 0 Å². The standard InChI is InChI=1S/C25H34F3N3O5.C4H9NO2S/c1-6-14-12-24(14,22(34)35)30-20(32)18-11-17(36-5)13-31(18)21(33)19(23(2,3)4)29-16-9-7-8-15(10-16)25(26,27)28;1-4(2-3-4)8(5,6)7/h7-10,14,17-19,29H,6,11-13H2,1-5H3,(H,30,32)(H,34,35);2-3H2,1H3,(H2,5,6,7)/t14-,17-,18+,19-,24-;/m1./s1. The fourth-order valence-electron chi connectivity index (χ4n) is 5.28. The second-order valence-electron chi connectivity index (χ2n) is 13.2. The van der Waals surface area contributed by atoms with E-state index in [1.54, 1.807) is 27.7 Å². The molecule has 2 amide bonds. The number of alkyl halides is 3. The summed E-state index contributed by atoms with van der Waals surface area (Å²) in [5.41, 5.74) is -2.80. The molecule has 1 aliphatic heterocycles. The highest BCUT2D eigenvalue weighted by molar-refractivity contribution is 7.90. The Morgan fingerprint density at radius 2 is 1.82 bits per heavy atom. The van der Waals surface area contributed by atoms with Gasteiger partial charge in [-0.25, -0.2) is 18.4 Å². The number of amides is 2. The zero-order valence-corrected chi connectivity index (χ0v) is 26.6. The summed E-state index contributed by atoms with van der Waals surface area (Å²) in [4.78, 5) is 40.3. The van der Waals surface area contributed by atoms with Crippen molar-refractivity contribution in [2.24, 2.45) is 16.5 Å². The Balaban J connectivity index is 0.000000572. The first-order chi connectivity index (χ1) is 20.1. The Labute approximate surface area is 256 Å². The fourth-order valence-corrected chi connectivity index (χ4v) is 5.95. The number of carbonyl (C=O) groups is 3. The number of primary sulfonamides is 1. The summed E-state index contributed by atoms with van der Waals surface area (Å²) in [6.45, 7) is 8.92. The van der Waals surface area contributed by atoms with Crippen LogP contribution in [0.1, 0.15) is 72.3 Å². The number of benzene rings is 1. The minimum atomic E-state index is -4.54. The van der Waals surface area contributed by atoms with Crippen LogP contribution in [0.2, 0.25) is 0 Å². The van der Waals surface area contributed by atoms with E-state index in [4.69, 9.17) is 9.88 Å². The quantitative estimate of drug-likeness (QED) is 0.316. The highest BCUT2D eigenvalue weighted by atomic mass is 32.2. The molecule has 1 heterocycles. The number of carboxylic acids is 1. The van der Waals surface area contributed by atoms with Crippen LogP contribution in [0.4, 0.5) is 18.9 Å². The number of aliphatic carboxylic acids is 1. The molecule has 3 aliphatic rings. The minimum absolute atomic E-state index is 0.0988. The van der Waals surface area contributed by atoms with Crippen LogP contribution in [0.15, 0.2) is 24.3 Å². The first-order valence-electron chi connectivity index (χ1n) is 14.4. The van der Waals surface area contributed by atoms with E-state index in [1.807, 2.05) is 6.92 Å². The first kappa shape index (κ1) is 35.6. The van der Waals surface area contributed by atoms with Gasteiger partial charge in [0.2, 0.25) is 21.8 Å². The van der Waals surface area contributed by atoms with E-state index in [0.717, 1.165) is 25.0 Å². The summed E-state index contributed by atoms with van der Waals surface area (Å²) in [5, 5.41) is 20.1. The molecule has 1 aromatic carbocycles. The third kappa shape index (κ3) is 7.83. The number of anilines is 1. The summed E-state index contributed by atoms with van der Waals surface area (Å²) in [6, 6.07) is 2.65. The zero-order valence-electron chi connectivity index (χ0n) is 25.8. The van der Waals surface area contributed by atoms with Gasteiger partial charge in [0.05, 0.1) is 16.4 Å². The van der Waals surface area contributed by atoms with Gasteiger partial charge in [0.25, 0.3) is 0 Å². The number of carboxylic acid groups (broad SMARTS) is 1. The molecule has 1 saturated heterocycles. The van der Waals surface area contributed by atoms with Crippen molar-refractivity contribution in [3.8, 4) is 0 Å². The molecular weight excluding hydrogens is 605 g/mol. The number of carbonyl (C=O) groups excluding carboxylic acids is 2. The SMILES string of the molecule is CC1(S(N)(=O)=O)CC1.CC[C@@H]1C[C@]1(NC(=O)[C@@H]1C[C@@H](OC)CN1C(=O)[C@@H](Nc1cccc(C(F)(F)F)c1)C(C)(C)C)C(=O)O. The molecule has 0 aromatic heterocycles. The predicted octanol–water partition coefficient (Wildman–Crippen LogP) is 3.34. The average Bonchev–Trinajstić information content (AvgIpc) is 3.79. The van der Waals surface area contributed by atoms with Crippen LogP contribution in [-0.4, -0.2) is 78.3 Å². The topological polar surface area (TPSA) is 168 Å². The molecule has 5 N–H and O–H groups in total. The van der Waals surface area contributed by atoms with Crippen molar-refractivity contribution in [2.45, 2.75) is 101 Å². The van der Waals surface area contributed by atoms with Crippen LogP contribution in [0.25, 0.3) is 0 Å². The molecule has 1 aromatic rings. The Morgan fingerprint density at radius 1 is 1.20 bits per heavy atom. The van der Waals surface area contributed by atoms with Gasteiger partial charge in [0, 0.05) is 25.8 Å². The van der Waals surface area contributed by atoms with Crippen molar-refractivity contribution in [1.29, 1.82) is 0 Å². The van der Waals surface area contributed by atoms with Crippen molar-refractivity contribution < 1.29 is 45.8 Å². The minimum Gasteiger partial charge on any atom is -0.479 e. The van der Waals surface area contributed by atoms with Gasteiger partial charge in [-0.05, 0) is 55.7 Å². The third-order valence-electron chi connectivity index (χ3n) is 8.76. The summed E-state index contributed by atoms with van der Waals surface area (Å²) < 4.78 is 65.5. The van der Waals surface area contributed by atoms with Crippen molar-refractivity contribution in [3.63, 3.8) is 0 Å². The molecule has 2 aliphatic carbocycles. The van der Waals surface area contributed by atoms with Crippen LogP contribution in [0.3, 0.4) is 0 Å². The van der Waals surface area contributed by atoms with Crippen LogP contribution in [0, 0.1) is 11.3 Å². The van der Waals surface area contributed by atoms with Crippen molar-refractivity contribution in [1.82, 2.24) is 10.2 Å². The van der Waals surface area contributed by atoms with Crippen LogP contribution in [-0.2, 0) is 35.3 Å². The number of halogens is 3. The van der Waals surface area contributed by atoms with Gasteiger partial charge in [-0.2, -0.15) is 13.2 Å². The molecule has 44 heavy (non-hydrogen) atoms. The van der Waals surface area contributed by atoms with E-state index < -0.39 is 73.4 Å². The Bertz CT molecular complexity index is 1360. The van der Waals surface area contributed by atoms with Crippen LogP contribution in [0.5, 0.6) is 0 Å².